The van der Waals surface area contributed by atoms with Crippen LogP contribution in [0.2, 0.25) is 5.28 Å². The van der Waals surface area contributed by atoms with E-state index in [1.165, 1.54) is 25.3 Å². The number of methoxy groups -OCH3 is 1. The molecule has 0 radical (unpaired) electrons. The van der Waals surface area contributed by atoms with Gasteiger partial charge in [-0.3, -0.25) is 0 Å². The van der Waals surface area contributed by atoms with Crippen LogP contribution in [0.5, 0.6) is 5.75 Å². The van der Waals surface area contributed by atoms with Crippen molar-refractivity contribution in [2.75, 3.05) is 12.4 Å². The second kappa shape index (κ2) is 5.14. The first-order chi connectivity index (χ1) is 8.60. The Balaban J connectivity index is 2.36. The third-order valence-electron chi connectivity index (χ3n) is 2.13. The van der Waals surface area contributed by atoms with Gasteiger partial charge in [0, 0.05) is 6.07 Å². The van der Waals surface area contributed by atoms with Crippen molar-refractivity contribution in [1.29, 1.82) is 0 Å². The second-order valence-corrected chi connectivity index (χ2v) is 3.64. The molecular weight excluding hydrogens is 264 g/mol. The number of benzene rings is 1. The van der Waals surface area contributed by atoms with Crippen molar-refractivity contribution in [3.63, 3.8) is 0 Å². The summed E-state index contributed by atoms with van der Waals surface area (Å²) in [6.45, 7) is 0. The van der Waals surface area contributed by atoms with Gasteiger partial charge in [0.1, 0.15) is 11.6 Å². The monoisotopic (exact) mass is 271 g/mol. The van der Waals surface area contributed by atoms with Crippen molar-refractivity contribution >= 4 is 23.1 Å². The first-order valence-electron chi connectivity index (χ1n) is 4.89. The molecule has 1 N–H and O–H groups in total. The van der Waals surface area contributed by atoms with Gasteiger partial charge in [-0.1, -0.05) is 0 Å². The van der Waals surface area contributed by atoms with Crippen molar-refractivity contribution in [1.82, 2.24) is 9.97 Å². The highest BCUT2D eigenvalue weighted by Gasteiger charge is 2.10. The molecule has 0 bridgehead atoms. The molecule has 1 aromatic carbocycles. The Bertz CT molecular complexity index is 580. The van der Waals surface area contributed by atoms with Gasteiger partial charge in [-0.2, -0.15) is 4.98 Å². The lowest BCUT2D eigenvalue weighted by Gasteiger charge is -2.10. The number of rotatable bonds is 3. The molecule has 0 unspecified atom stereocenters. The van der Waals surface area contributed by atoms with Gasteiger partial charge >= 0.3 is 0 Å². The molecule has 2 rings (SSSR count). The van der Waals surface area contributed by atoms with Crippen molar-refractivity contribution in [3.8, 4) is 5.75 Å². The highest BCUT2D eigenvalue weighted by Crippen LogP contribution is 2.28. The zero-order valence-electron chi connectivity index (χ0n) is 9.25. The van der Waals surface area contributed by atoms with Crippen LogP contribution in [0.1, 0.15) is 0 Å². The number of hydrogen-bond acceptors (Lipinski definition) is 4. The Morgan fingerprint density at radius 1 is 1.33 bits per heavy atom. The van der Waals surface area contributed by atoms with Gasteiger partial charge < -0.3 is 10.1 Å². The predicted octanol–water partition coefficient (Wildman–Crippen LogP) is 3.16. The fourth-order valence-corrected chi connectivity index (χ4v) is 1.46. The first-order valence-corrected chi connectivity index (χ1v) is 5.26. The molecule has 2 aromatic rings. The molecule has 0 aliphatic carbocycles. The van der Waals surface area contributed by atoms with E-state index in [0.717, 1.165) is 6.20 Å². The molecule has 1 aromatic heterocycles. The maximum absolute atomic E-state index is 13.4. The molecule has 4 nitrogen and oxygen atoms in total. The molecule has 0 atom stereocenters. The predicted molar refractivity (Wildman–Crippen MR) is 63.2 cm³/mol. The molecule has 1 heterocycles. The number of halogens is 3. The summed E-state index contributed by atoms with van der Waals surface area (Å²) in [4.78, 5) is 7.17. The van der Waals surface area contributed by atoms with Crippen molar-refractivity contribution in [3.05, 3.63) is 41.3 Å². The summed E-state index contributed by atoms with van der Waals surface area (Å²) in [6, 6.07) is 3.79. The number of hydrogen-bond donors (Lipinski definition) is 1. The Kier molecular flexibility index (Phi) is 3.57. The van der Waals surface area contributed by atoms with Gasteiger partial charge in [0.25, 0.3) is 0 Å². The SMILES string of the molecule is COc1cc(F)ccc1Nc1nc(Cl)ncc1F. The highest BCUT2D eigenvalue weighted by molar-refractivity contribution is 6.28. The average molecular weight is 272 g/mol. The van der Waals surface area contributed by atoms with Crippen LogP contribution in [-0.4, -0.2) is 17.1 Å². The Morgan fingerprint density at radius 2 is 2.11 bits per heavy atom. The van der Waals surface area contributed by atoms with Gasteiger partial charge in [-0.25, -0.2) is 13.8 Å². The zero-order valence-corrected chi connectivity index (χ0v) is 10.0. The molecule has 94 valence electrons. The minimum atomic E-state index is -0.675. The van der Waals surface area contributed by atoms with Crippen LogP contribution >= 0.6 is 11.6 Å². The topological polar surface area (TPSA) is 47.0 Å². The third-order valence-corrected chi connectivity index (χ3v) is 2.31. The molecule has 0 aliphatic heterocycles. The van der Waals surface area contributed by atoms with Crippen LogP contribution in [0.3, 0.4) is 0 Å². The Hall–Kier alpha value is -1.95. The van der Waals surface area contributed by atoms with Crippen LogP contribution in [0.25, 0.3) is 0 Å². The lowest BCUT2D eigenvalue weighted by molar-refractivity contribution is 0.413. The fourth-order valence-electron chi connectivity index (χ4n) is 1.33. The maximum atomic E-state index is 13.4. The van der Waals surface area contributed by atoms with Crippen LogP contribution in [0, 0.1) is 11.6 Å². The van der Waals surface area contributed by atoms with Gasteiger partial charge in [-0.05, 0) is 23.7 Å². The summed E-state index contributed by atoms with van der Waals surface area (Å²) in [7, 11) is 1.38. The van der Waals surface area contributed by atoms with E-state index in [1.807, 2.05) is 0 Å². The van der Waals surface area contributed by atoms with Crippen LogP contribution < -0.4 is 10.1 Å². The summed E-state index contributed by atoms with van der Waals surface area (Å²) in [5, 5.41) is 2.56. The van der Waals surface area contributed by atoms with E-state index in [0.29, 0.717) is 5.69 Å². The lowest BCUT2D eigenvalue weighted by Crippen LogP contribution is -2.01. The molecule has 7 heteroatoms. The number of nitrogens with one attached hydrogen (secondary N) is 1. The molecular formula is C11H8ClF2N3O. The number of anilines is 2. The van der Waals surface area contributed by atoms with Crippen LogP contribution in [-0.2, 0) is 0 Å². The van der Waals surface area contributed by atoms with E-state index in [2.05, 4.69) is 15.3 Å². The summed E-state index contributed by atoms with van der Waals surface area (Å²) in [6.07, 6.45) is 0.938. The standard InChI is InChI=1S/C11H8ClF2N3O/c1-18-9-4-6(13)2-3-8(9)16-10-7(14)5-15-11(12)17-10/h2-5H,1H3,(H,15,16,17). The van der Waals surface area contributed by atoms with E-state index in [4.69, 9.17) is 16.3 Å². The summed E-state index contributed by atoms with van der Waals surface area (Å²) in [5.74, 6) is -1.02. The largest absolute Gasteiger partial charge is 0.494 e. The maximum Gasteiger partial charge on any atom is 0.224 e. The van der Waals surface area contributed by atoms with Gasteiger partial charge in [0.2, 0.25) is 5.28 Å². The second-order valence-electron chi connectivity index (χ2n) is 3.31. The van der Waals surface area contributed by atoms with E-state index in [-0.39, 0.29) is 16.9 Å². The van der Waals surface area contributed by atoms with E-state index in [1.54, 1.807) is 0 Å². The van der Waals surface area contributed by atoms with Gasteiger partial charge in [0.05, 0.1) is 19.0 Å². The summed E-state index contributed by atoms with van der Waals surface area (Å²) in [5.41, 5.74) is 0.368. The molecule has 0 amide bonds. The summed E-state index contributed by atoms with van der Waals surface area (Å²) >= 11 is 5.56. The van der Waals surface area contributed by atoms with Crippen molar-refractivity contribution in [2.45, 2.75) is 0 Å². The van der Waals surface area contributed by atoms with Crippen molar-refractivity contribution in [2.24, 2.45) is 0 Å². The van der Waals surface area contributed by atoms with Crippen molar-refractivity contribution < 1.29 is 13.5 Å². The molecule has 18 heavy (non-hydrogen) atoms. The zero-order chi connectivity index (χ0) is 13.1. The van der Waals surface area contributed by atoms with Crippen LogP contribution in [0.15, 0.2) is 24.4 Å². The lowest BCUT2D eigenvalue weighted by atomic mass is 10.3. The van der Waals surface area contributed by atoms with Gasteiger partial charge in [0.15, 0.2) is 11.6 Å². The third kappa shape index (κ3) is 2.65. The minimum Gasteiger partial charge on any atom is -0.494 e. The number of nitrogens with zero attached hydrogens (tertiary/aromatic N) is 2. The van der Waals surface area contributed by atoms with E-state index < -0.39 is 11.6 Å². The van der Waals surface area contributed by atoms with E-state index in [9.17, 15) is 8.78 Å². The first kappa shape index (κ1) is 12.5. The minimum absolute atomic E-state index is 0.0972. The quantitative estimate of drug-likeness (QED) is 0.871. The molecule has 0 saturated heterocycles. The molecule has 0 aliphatic rings. The van der Waals surface area contributed by atoms with Gasteiger partial charge in [-0.15, -0.1) is 0 Å². The fraction of sp³-hybridized carbons (Fsp3) is 0.0909. The van der Waals surface area contributed by atoms with Crippen LogP contribution in [0.4, 0.5) is 20.3 Å². The normalized spacial score (nSPS) is 10.2. The Labute approximate surface area is 107 Å². The van der Waals surface area contributed by atoms with E-state index >= 15 is 0 Å². The molecule has 0 saturated carbocycles. The highest BCUT2D eigenvalue weighted by atomic mass is 35.5. The Morgan fingerprint density at radius 3 is 2.83 bits per heavy atom. The summed E-state index contributed by atoms with van der Waals surface area (Å²) < 4.78 is 31.4. The smallest absolute Gasteiger partial charge is 0.224 e. The molecule has 0 spiro atoms. The number of aromatic nitrogens is 2. The average Bonchev–Trinajstić information content (AvgIpc) is 2.36. The number of ether oxygens (including phenoxy) is 1. The molecule has 0 fully saturated rings.